The first kappa shape index (κ1) is 20.4. The summed E-state index contributed by atoms with van der Waals surface area (Å²) in [7, 11) is 0. The van der Waals surface area contributed by atoms with Crippen LogP contribution < -0.4 is 0 Å². The van der Waals surface area contributed by atoms with Crippen LogP contribution in [0.4, 0.5) is 0 Å². The van der Waals surface area contributed by atoms with Gasteiger partial charge in [0.05, 0.1) is 17.6 Å². The van der Waals surface area contributed by atoms with Crippen LogP contribution in [0.5, 0.6) is 0 Å². The molecule has 1 heterocycles. The van der Waals surface area contributed by atoms with Gasteiger partial charge in [0, 0.05) is 17.6 Å². The lowest BCUT2D eigenvalue weighted by Crippen LogP contribution is -2.41. The molecule has 6 heteroatoms. The largest absolute Gasteiger partial charge is 0.458 e. The molecule has 0 aromatic rings. The third-order valence-electron chi connectivity index (χ3n) is 5.23. The Bertz CT molecular complexity index is 657. The minimum absolute atomic E-state index is 0.117. The van der Waals surface area contributed by atoms with E-state index in [1.165, 1.54) is 0 Å². The average Bonchev–Trinajstić information content (AvgIpc) is 2.84. The number of hydrogen-bond donors (Lipinski definition) is 2. The molecule has 0 aromatic carbocycles. The van der Waals surface area contributed by atoms with Crippen LogP contribution in [-0.4, -0.2) is 46.1 Å². The Hall–Kier alpha value is -1.92. The van der Waals surface area contributed by atoms with Gasteiger partial charge in [-0.15, -0.1) is 0 Å². The Morgan fingerprint density at radius 2 is 2.15 bits per heavy atom. The van der Waals surface area contributed by atoms with Gasteiger partial charge in [-0.1, -0.05) is 12.7 Å². The molecule has 1 saturated heterocycles. The summed E-state index contributed by atoms with van der Waals surface area (Å²) in [5, 5.41) is 21.0. The molecule has 2 N–H and O–H groups in total. The summed E-state index contributed by atoms with van der Waals surface area (Å²) in [6, 6.07) is 0. The highest BCUT2D eigenvalue weighted by molar-refractivity contribution is 5.92. The number of aliphatic hydroxyl groups excluding tert-OH is 1. The monoisotopic (exact) mass is 364 g/mol. The number of rotatable bonds is 2. The molecule has 0 aromatic heterocycles. The zero-order chi connectivity index (χ0) is 19.6. The van der Waals surface area contributed by atoms with E-state index in [-0.39, 0.29) is 12.0 Å². The summed E-state index contributed by atoms with van der Waals surface area (Å²) < 4.78 is 11.0. The summed E-state index contributed by atoms with van der Waals surface area (Å²) in [5.41, 5.74) is 0.121. The number of esters is 2. The molecule has 0 unspecified atom stereocenters. The number of hydrogen-bond acceptors (Lipinski definition) is 6. The molecular formula is C20H28O6. The Morgan fingerprint density at radius 1 is 1.50 bits per heavy atom. The predicted molar refractivity (Wildman–Crippen MR) is 96.1 cm³/mol. The Labute approximate surface area is 154 Å². The lowest BCUT2D eigenvalue weighted by Gasteiger charge is -2.34. The summed E-state index contributed by atoms with van der Waals surface area (Å²) >= 11 is 0. The number of fused-ring (bicyclic) bond motifs is 1. The van der Waals surface area contributed by atoms with Gasteiger partial charge in [0.2, 0.25) is 0 Å². The van der Waals surface area contributed by atoms with Gasteiger partial charge in [0.25, 0.3) is 0 Å². The standard InChI is InChI=1S/C20H28O6/c1-6-11(2)18(22)26-16-10-20(5,24)8-7-14(21)12(3)9-15-17(16)13(4)19(23)25-15/h6,9,14-17,21,24H,4,7-8,10H2,1-3,5H3/b11-6-,12-9-/t14-,15+,16+,17-,20-/m0/s1. The fourth-order valence-electron chi connectivity index (χ4n) is 3.35. The molecule has 1 aliphatic carbocycles. The highest BCUT2D eigenvalue weighted by atomic mass is 16.6. The van der Waals surface area contributed by atoms with Crippen molar-refractivity contribution in [3.8, 4) is 0 Å². The maximum absolute atomic E-state index is 12.3. The smallest absolute Gasteiger partial charge is 0.334 e. The van der Waals surface area contributed by atoms with E-state index in [9.17, 15) is 19.8 Å². The SMILES string of the molecule is C=C1C(=O)O[C@@H]2/C=C(/C)[C@@H](O)CC[C@](C)(O)C[C@@H](OC(=O)/C(C)=C\C)[C@@H]12. The van der Waals surface area contributed by atoms with Crippen molar-refractivity contribution in [1.82, 2.24) is 0 Å². The number of aliphatic hydroxyl groups is 2. The first-order chi connectivity index (χ1) is 12.1. The predicted octanol–water partition coefficient (Wildman–Crippen LogP) is 2.20. The lowest BCUT2D eigenvalue weighted by molar-refractivity contribution is -0.151. The van der Waals surface area contributed by atoms with Crippen LogP contribution >= 0.6 is 0 Å². The van der Waals surface area contributed by atoms with E-state index in [2.05, 4.69) is 6.58 Å². The molecular weight excluding hydrogens is 336 g/mol. The van der Waals surface area contributed by atoms with Crippen molar-refractivity contribution < 1.29 is 29.3 Å². The molecule has 0 saturated carbocycles. The van der Waals surface area contributed by atoms with Crippen LogP contribution in [0.2, 0.25) is 0 Å². The number of ether oxygens (including phenoxy) is 2. The van der Waals surface area contributed by atoms with E-state index < -0.39 is 41.8 Å². The van der Waals surface area contributed by atoms with Crippen LogP contribution in [0.25, 0.3) is 0 Å². The highest BCUT2D eigenvalue weighted by Gasteiger charge is 2.47. The quantitative estimate of drug-likeness (QED) is 0.443. The van der Waals surface area contributed by atoms with E-state index in [0.717, 1.165) is 0 Å². The Kier molecular flexibility index (Phi) is 6.09. The molecule has 1 aliphatic heterocycles. The molecule has 6 nitrogen and oxygen atoms in total. The first-order valence-corrected chi connectivity index (χ1v) is 8.88. The topological polar surface area (TPSA) is 93.1 Å². The van der Waals surface area contributed by atoms with Crippen molar-refractivity contribution in [2.24, 2.45) is 5.92 Å². The van der Waals surface area contributed by atoms with E-state index in [1.807, 2.05) is 0 Å². The van der Waals surface area contributed by atoms with Crippen molar-refractivity contribution in [3.63, 3.8) is 0 Å². The summed E-state index contributed by atoms with van der Waals surface area (Å²) in [6.45, 7) is 10.6. The second kappa shape index (κ2) is 7.76. The van der Waals surface area contributed by atoms with Crippen molar-refractivity contribution >= 4 is 11.9 Å². The molecule has 0 radical (unpaired) electrons. The fraction of sp³-hybridized carbons (Fsp3) is 0.600. The highest BCUT2D eigenvalue weighted by Crippen LogP contribution is 2.38. The van der Waals surface area contributed by atoms with Gasteiger partial charge in [-0.2, -0.15) is 0 Å². The zero-order valence-electron chi connectivity index (χ0n) is 15.8. The molecule has 0 bridgehead atoms. The van der Waals surface area contributed by atoms with Gasteiger partial charge in [0.15, 0.2) is 0 Å². The fourth-order valence-corrected chi connectivity index (χ4v) is 3.35. The van der Waals surface area contributed by atoms with E-state index in [1.54, 1.807) is 39.8 Å². The van der Waals surface area contributed by atoms with Gasteiger partial charge in [-0.05, 0) is 52.2 Å². The van der Waals surface area contributed by atoms with Crippen LogP contribution in [-0.2, 0) is 19.1 Å². The van der Waals surface area contributed by atoms with Crippen molar-refractivity contribution in [2.75, 3.05) is 0 Å². The minimum Gasteiger partial charge on any atom is -0.458 e. The molecule has 5 atom stereocenters. The third-order valence-corrected chi connectivity index (χ3v) is 5.23. The summed E-state index contributed by atoms with van der Waals surface area (Å²) in [4.78, 5) is 24.4. The van der Waals surface area contributed by atoms with Gasteiger partial charge in [0.1, 0.15) is 12.2 Å². The number of carbonyl (C=O) groups is 2. The maximum atomic E-state index is 12.3. The van der Waals surface area contributed by atoms with E-state index in [0.29, 0.717) is 24.0 Å². The van der Waals surface area contributed by atoms with Gasteiger partial charge >= 0.3 is 11.9 Å². The first-order valence-electron chi connectivity index (χ1n) is 8.88. The molecule has 26 heavy (non-hydrogen) atoms. The maximum Gasteiger partial charge on any atom is 0.334 e. The second-order valence-corrected chi connectivity index (χ2v) is 7.50. The average molecular weight is 364 g/mol. The van der Waals surface area contributed by atoms with Crippen LogP contribution in [0.3, 0.4) is 0 Å². The minimum atomic E-state index is -1.18. The molecule has 2 rings (SSSR count). The van der Waals surface area contributed by atoms with Gasteiger partial charge in [-0.3, -0.25) is 0 Å². The van der Waals surface area contributed by atoms with Crippen LogP contribution in [0.1, 0.15) is 47.0 Å². The summed E-state index contributed by atoms with van der Waals surface area (Å²) in [5.74, 6) is -1.67. The zero-order valence-corrected chi connectivity index (χ0v) is 15.8. The number of allylic oxidation sites excluding steroid dienone is 1. The Morgan fingerprint density at radius 3 is 2.77 bits per heavy atom. The normalized spacial score (nSPS) is 38.1. The number of carbonyl (C=O) groups excluding carboxylic acids is 2. The van der Waals surface area contributed by atoms with E-state index >= 15 is 0 Å². The van der Waals surface area contributed by atoms with Gasteiger partial charge in [-0.25, -0.2) is 9.59 Å². The molecule has 0 amide bonds. The summed E-state index contributed by atoms with van der Waals surface area (Å²) in [6.07, 6.45) is 1.94. The van der Waals surface area contributed by atoms with Crippen LogP contribution in [0, 0.1) is 5.92 Å². The van der Waals surface area contributed by atoms with Crippen LogP contribution in [0.15, 0.2) is 35.5 Å². The van der Waals surface area contributed by atoms with Crippen molar-refractivity contribution in [2.45, 2.75) is 70.9 Å². The van der Waals surface area contributed by atoms with Gasteiger partial charge < -0.3 is 19.7 Å². The Balaban J connectivity index is 2.45. The molecule has 1 fully saturated rings. The van der Waals surface area contributed by atoms with Crippen molar-refractivity contribution in [1.29, 1.82) is 0 Å². The van der Waals surface area contributed by atoms with E-state index in [4.69, 9.17) is 9.47 Å². The lowest BCUT2D eigenvalue weighted by atomic mass is 9.80. The molecule has 144 valence electrons. The molecule has 2 aliphatic rings. The molecule has 0 spiro atoms. The van der Waals surface area contributed by atoms with Crippen molar-refractivity contribution in [3.05, 3.63) is 35.5 Å². The second-order valence-electron chi connectivity index (χ2n) is 7.50. The third kappa shape index (κ3) is 4.43.